The van der Waals surface area contributed by atoms with Gasteiger partial charge in [0, 0.05) is 5.69 Å². The molecule has 96 valence electrons. The molecule has 0 heterocycles. The Hall–Kier alpha value is -1.90. The van der Waals surface area contributed by atoms with Gasteiger partial charge in [-0.25, -0.2) is 0 Å². The van der Waals surface area contributed by atoms with Gasteiger partial charge in [0.15, 0.2) is 0 Å². The Morgan fingerprint density at radius 3 is 3.00 bits per heavy atom. The molecule has 0 fully saturated rings. The molecule has 0 aliphatic heterocycles. The van der Waals surface area contributed by atoms with Gasteiger partial charge < -0.3 is 11.1 Å². The van der Waals surface area contributed by atoms with Gasteiger partial charge in [-0.05, 0) is 44.8 Å². The lowest BCUT2D eigenvalue weighted by Crippen LogP contribution is -2.31. The summed E-state index contributed by atoms with van der Waals surface area (Å²) in [6, 6.07) is 8.89. The first-order chi connectivity index (χ1) is 8.65. The molecule has 0 aliphatic carbocycles. The Morgan fingerprint density at radius 2 is 2.33 bits per heavy atom. The summed E-state index contributed by atoms with van der Waals surface area (Å²) in [7, 11) is 1.88. The molecule has 5 nitrogen and oxygen atoms in total. The summed E-state index contributed by atoms with van der Waals surface area (Å²) < 4.78 is 0. The second-order valence-corrected chi connectivity index (χ2v) is 4.12. The van der Waals surface area contributed by atoms with Gasteiger partial charge >= 0.3 is 0 Å². The zero-order valence-electron chi connectivity index (χ0n) is 10.5. The van der Waals surface area contributed by atoms with E-state index >= 15 is 0 Å². The van der Waals surface area contributed by atoms with Crippen LogP contribution in [-0.2, 0) is 4.79 Å². The number of nitrogens with one attached hydrogen (secondary N) is 1. The highest BCUT2D eigenvalue weighted by molar-refractivity contribution is 5.92. The fourth-order valence-corrected chi connectivity index (χ4v) is 1.55. The number of rotatable bonds is 6. The minimum atomic E-state index is -0.0930. The van der Waals surface area contributed by atoms with E-state index in [4.69, 9.17) is 11.0 Å². The smallest absolute Gasteiger partial charge is 0.238 e. The summed E-state index contributed by atoms with van der Waals surface area (Å²) in [5.74, 6) is -0.0930. The van der Waals surface area contributed by atoms with E-state index in [1.165, 1.54) is 0 Å². The SMILES string of the molecule is CN(CCCN)CC(=O)Nc1cccc(C#N)c1. The lowest BCUT2D eigenvalue weighted by molar-refractivity contribution is -0.117. The highest BCUT2D eigenvalue weighted by Gasteiger charge is 2.06. The molecular formula is C13H18N4O. The van der Waals surface area contributed by atoms with Crippen molar-refractivity contribution >= 4 is 11.6 Å². The molecule has 0 aliphatic rings. The number of amides is 1. The van der Waals surface area contributed by atoms with Crippen molar-refractivity contribution in [2.75, 3.05) is 32.0 Å². The van der Waals surface area contributed by atoms with Crippen molar-refractivity contribution in [3.8, 4) is 6.07 Å². The van der Waals surface area contributed by atoms with Crippen molar-refractivity contribution in [2.24, 2.45) is 5.73 Å². The monoisotopic (exact) mass is 246 g/mol. The van der Waals surface area contributed by atoms with Gasteiger partial charge in [0.2, 0.25) is 5.91 Å². The average molecular weight is 246 g/mol. The van der Waals surface area contributed by atoms with Crippen LogP contribution in [-0.4, -0.2) is 37.5 Å². The van der Waals surface area contributed by atoms with Crippen molar-refractivity contribution in [3.63, 3.8) is 0 Å². The maximum atomic E-state index is 11.7. The zero-order chi connectivity index (χ0) is 13.4. The third-order valence-corrected chi connectivity index (χ3v) is 2.43. The number of nitrogens with zero attached hydrogens (tertiary/aromatic N) is 2. The van der Waals surface area contributed by atoms with E-state index in [1.54, 1.807) is 24.3 Å². The van der Waals surface area contributed by atoms with Gasteiger partial charge in [-0.1, -0.05) is 6.07 Å². The Morgan fingerprint density at radius 1 is 1.56 bits per heavy atom. The number of anilines is 1. The van der Waals surface area contributed by atoms with Crippen LogP contribution in [0.2, 0.25) is 0 Å². The van der Waals surface area contributed by atoms with E-state index in [2.05, 4.69) is 5.32 Å². The van der Waals surface area contributed by atoms with Gasteiger partial charge in [-0.2, -0.15) is 5.26 Å². The van der Waals surface area contributed by atoms with Gasteiger partial charge in [-0.3, -0.25) is 9.69 Å². The molecule has 0 bridgehead atoms. The predicted molar refractivity (Wildman–Crippen MR) is 71.0 cm³/mol. The van der Waals surface area contributed by atoms with Crippen molar-refractivity contribution in [1.29, 1.82) is 5.26 Å². The van der Waals surface area contributed by atoms with Crippen LogP contribution in [0.5, 0.6) is 0 Å². The highest BCUT2D eigenvalue weighted by Crippen LogP contribution is 2.09. The quantitative estimate of drug-likeness (QED) is 0.777. The number of hydrogen-bond donors (Lipinski definition) is 2. The van der Waals surface area contributed by atoms with Gasteiger partial charge in [0.1, 0.15) is 0 Å². The maximum Gasteiger partial charge on any atom is 0.238 e. The minimum absolute atomic E-state index is 0.0930. The van der Waals surface area contributed by atoms with Crippen LogP contribution in [0.4, 0.5) is 5.69 Å². The number of nitriles is 1. The number of carbonyl (C=O) groups is 1. The third kappa shape index (κ3) is 4.95. The average Bonchev–Trinajstić information content (AvgIpc) is 2.36. The van der Waals surface area contributed by atoms with E-state index in [0.717, 1.165) is 13.0 Å². The van der Waals surface area contributed by atoms with Crippen LogP contribution in [0.3, 0.4) is 0 Å². The maximum absolute atomic E-state index is 11.7. The fourth-order valence-electron chi connectivity index (χ4n) is 1.55. The van der Waals surface area contributed by atoms with Crippen molar-refractivity contribution in [1.82, 2.24) is 4.90 Å². The summed E-state index contributed by atoms with van der Waals surface area (Å²) in [5.41, 5.74) is 6.58. The molecule has 0 unspecified atom stereocenters. The minimum Gasteiger partial charge on any atom is -0.330 e. The standard InChI is InChI=1S/C13H18N4O/c1-17(7-3-6-14)10-13(18)16-12-5-2-4-11(8-12)9-15/h2,4-5,8H,3,6-7,10,14H2,1H3,(H,16,18). The van der Waals surface area contributed by atoms with Crippen LogP contribution in [0.1, 0.15) is 12.0 Å². The predicted octanol–water partition coefficient (Wildman–Crippen LogP) is 0.777. The molecule has 0 saturated heterocycles. The Kier molecular flexibility index (Phi) is 5.85. The van der Waals surface area contributed by atoms with E-state index in [0.29, 0.717) is 24.3 Å². The first kappa shape index (κ1) is 14.2. The van der Waals surface area contributed by atoms with Crippen LogP contribution in [0, 0.1) is 11.3 Å². The lowest BCUT2D eigenvalue weighted by Gasteiger charge is -2.15. The molecule has 1 aromatic rings. The van der Waals surface area contributed by atoms with Crippen LogP contribution in [0.15, 0.2) is 24.3 Å². The Balaban J connectivity index is 2.46. The summed E-state index contributed by atoms with van der Waals surface area (Å²) in [4.78, 5) is 13.6. The molecule has 3 N–H and O–H groups in total. The molecule has 1 rings (SSSR count). The van der Waals surface area contributed by atoms with Gasteiger partial charge in [-0.15, -0.1) is 0 Å². The van der Waals surface area contributed by atoms with E-state index in [9.17, 15) is 4.79 Å². The molecule has 5 heteroatoms. The second-order valence-electron chi connectivity index (χ2n) is 4.12. The molecule has 1 amide bonds. The largest absolute Gasteiger partial charge is 0.330 e. The first-order valence-electron chi connectivity index (χ1n) is 5.84. The second kappa shape index (κ2) is 7.43. The van der Waals surface area contributed by atoms with Gasteiger partial charge in [0.05, 0.1) is 18.2 Å². The summed E-state index contributed by atoms with van der Waals surface area (Å²) >= 11 is 0. The van der Waals surface area contributed by atoms with Crippen LogP contribution < -0.4 is 11.1 Å². The van der Waals surface area contributed by atoms with E-state index < -0.39 is 0 Å². The normalized spacial score (nSPS) is 10.1. The number of nitrogens with two attached hydrogens (primary N) is 1. The van der Waals surface area contributed by atoms with Gasteiger partial charge in [0.25, 0.3) is 0 Å². The summed E-state index contributed by atoms with van der Waals surface area (Å²) in [6.45, 7) is 1.73. The molecule has 0 spiro atoms. The fraction of sp³-hybridized carbons (Fsp3) is 0.385. The van der Waals surface area contributed by atoms with E-state index in [-0.39, 0.29) is 5.91 Å². The highest BCUT2D eigenvalue weighted by atomic mass is 16.2. The first-order valence-corrected chi connectivity index (χ1v) is 5.84. The third-order valence-electron chi connectivity index (χ3n) is 2.43. The Labute approximate surface area is 107 Å². The summed E-state index contributed by atoms with van der Waals surface area (Å²) in [5, 5.41) is 11.5. The van der Waals surface area contributed by atoms with Crippen LogP contribution >= 0.6 is 0 Å². The molecule has 1 aromatic carbocycles. The number of hydrogen-bond acceptors (Lipinski definition) is 4. The molecule has 0 saturated carbocycles. The molecule has 0 radical (unpaired) electrons. The van der Waals surface area contributed by atoms with Crippen LogP contribution in [0.25, 0.3) is 0 Å². The molecule has 18 heavy (non-hydrogen) atoms. The van der Waals surface area contributed by atoms with E-state index in [1.807, 2.05) is 18.0 Å². The Bertz CT molecular complexity index is 439. The molecular weight excluding hydrogens is 228 g/mol. The lowest BCUT2D eigenvalue weighted by atomic mass is 10.2. The van der Waals surface area contributed by atoms with Crippen molar-refractivity contribution < 1.29 is 4.79 Å². The molecule has 0 atom stereocenters. The number of likely N-dealkylation sites (N-methyl/N-ethyl adjacent to an activating group) is 1. The number of carbonyl (C=O) groups excluding carboxylic acids is 1. The zero-order valence-corrected chi connectivity index (χ0v) is 10.5. The molecule has 0 aromatic heterocycles. The topological polar surface area (TPSA) is 82.2 Å². The van der Waals surface area contributed by atoms with Crippen molar-refractivity contribution in [2.45, 2.75) is 6.42 Å². The summed E-state index contributed by atoms with van der Waals surface area (Å²) in [6.07, 6.45) is 0.869. The number of benzene rings is 1. The van der Waals surface area contributed by atoms with Crippen molar-refractivity contribution in [3.05, 3.63) is 29.8 Å².